The molecule has 0 radical (unpaired) electrons. The van der Waals surface area contributed by atoms with E-state index in [0.717, 1.165) is 28.0 Å². The summed E-state index contributed by atoms with van der Waals surface area (Å²) in [5.41, 5.74) is 2.15. The van der Waals surface area contributed by atoms with Crippen LogP contribution in [0.5, 0.6) is 0 Å². The zero-order valence-electron chi connectivity index (χ0n) is 10.2. The Morgan fingerprint density at radius 3 is 2.53 bits per heavy atom. The van der Waals surface area contributed by atoms with Crippen molar-refractivity contribution in [1.82, 2.24) is 4.98 Å². The largest absolute Gasteiger partial charge is 0.477 e. The fourth-order valence-electron chi connectivity index (χ4n) is 2.50. The second-order valence-electron chi connectivity index (χ2n) is 4.48. The molecule has 0 fully saturated rings. The first-order valence-electron chi connectivity index (χ1n) is 5.86. The maximum absolute atomic E-state index is 11.2. The number of aromatic carboxylic acids is 1. The molecular formula is C15H11NO3. The number of H-pyrrole nitrogens is 1. The summed E-state index contributed by atoms with van der Waals surface area (Å²) in [4.78, 5) is 25.3. The lowest BCUT2D eigenvalue weighted by atomic mass is 10.0. The molecule has 3 aromatic rings. The van der Waals surface area contributed by atoms with Crippen LogP contribution in [0, 0.1) is 6.92 Å². The number of carboxylic acid groups (broad SMARTS) is 1. The van der Waals surface area contributed by atoms with Gasteiger partial charge < -0.3 is 10.1 Å². The van der Waals surface area contributed by atoms with Gasteiger partial charge in [0.1, 0.15) is 5.69 Å². The van der Waals surface area contributed by atoms with Crippen molar-refractivity contribution in [3.05, 3.63) is 47.2 Å². The Bertz CT molecular complexity index is 830. The molecule has 0 aliphatic carbocycles. The Morgan fingerprint density at radius 1 is 1.21 bits per heavy atom. The molecule has 4 heteroatoms. The molecule has 0 saturated carbocycles. The van der Waals surface area contributed by atoms with E-state index in [1.54, 1.807) is 13.0 Å². The monoisotopic (exact) mass is 253 g/mol. The van der Waals surface area contributed by atoms with Crippen molar-refractivity contribution in [2.45, 2.75) is 6.92 Å². The number of rotatable bonds is 2. The first kappa shape index (κ1) is 11.5. The Labute approximate surface area is 108 Å². The molecule has 0 spiro atoms. The van der Waals surface area contributed by atoms with Crippen LogP contribution >= 0.6 is 0 Å². The molecule has 0 amide bonds. The Kier molecular flexibility index (Phi) is 2.38. The van der Waals surface area contributed by atoms with E-state index in [0.29, 0.717) is 11.1 Å². The van der Waals surface area contributed by atoms with Crippen LogP contribution in [0.1, 0.15) is 26.4 Å². The number of hydrogen-bond acceptors (Lipinski definition) is 2. The minimum atomic E-state index is -0.995. The minimum absolute atomic E-state index is 0.170. The van der Waals surface area contributed by atoms with Crippen molar-refractivity contribution in [2.24, 2.45) is 0 Å². The summed E-state index contributed by atoms with van der Waals surface area (Å²) in [6.07, 6.45) is 0.800. The number of benzene rings is 2. The normalized spacial score (nSPS) is 11.0. The molecule has 4 nitrogen and oxygen atoms in total. The molecule has 0 unspecified atom stereocenters. The molecule has 1 heterocycles. The molecule has 0 saturated heterocycles. The molecular weight excluding hydrogens is 242 g/mol. The van der Waals surface area contributed by atoms with Gasteiger partial charge >= 0.3 is 5.97 Å². The summed E-state index contributed by atoms with van der Waals surface area (Å²) in [6, 6.07) is 9.20. The number of hydrogen-bond donors (Lipinski definition) is 2. The van der Waals surface area contributed by atoms with Crippen molar-refractivity contribution in [3.63, 3.8) is 0 Å². The third-order valence-corrected chi connectivity index (χ3v) is 3.45. The van der Waals surface area contributed by atoms with Gasteiger partial charge in [-0.05, 0) is 23.9 Å². The Hall–Kier alpha value is -2.62. The SMILES string of the molecule is Cc1c(C(=O)O)[nH]c2c1cc(C=O)c1ccccc12. The first-order valence-corrected chi connectivity index (χ1v) is 5.86. The van der Waals surface area contributed by atoms with Crippen LogP contribution in [-0.2, 0) is 0 Å². The van der Waals surface area contributed by atoms with Gasteiger partial charge in [0, 0.05) is 16.3 Å². The van der Waals surface area contributed by atoms with Gasteiger partial charge in [-0.2, -0.15) is 0 Å². The van der Waals surface area contributed by atoms with E-state index in [1.165, 1.54) is 0 Å². The van der Waals surface area contributed by atoms with Gasteiger partial charge in [-0.3, -0.25) is 4.79 Å². The second-order valence-corrected chi connectivity index (χ2v) is 4.48. The quantitative estimate of drug-likeness (QED) is 0.689. The minimum Gasteiger partial charge on any atom is -0.477 e. The van der Waals surface area contributed by atoms with Crippen molar-refractivity contribution in [1.29, 1.82) is 0 Å². The molecule has 19 heavy (non-hydrogen) atoms. The smallest absolute Gasteiger partial charge is 0.352 e. The number of aromatic nitrogens is 1. The molecule has 0 atom stereocenters. The molecule has 1 aromatic heterocycles. The third kappa shape index (κ3) is 1.53. The lowest BCUT2D eigenvalue weighted by Crippen LogP contribution is -1.98. The maximum Gasteiger partial charge on any atom is 0.352 e. The van der Waals surface area contributed by atoms with Gasteiger partial charge in [-0.1, -0.05) is 24.3 Å². The lowest BCUT2D eigenvalue weighted by molar-refractivity contribution is 0.0690. The summed E-state index contributed by atoms with van der Waals surface area (Å²) in [7, 11) is 0. The Morgan fingerprint density at radius 2 is 1.89 bits per heavy atom. The molecule has 2 aromatic carbocycles. The van der Waals surface area contributed by atoms with E-state index in [9.17, 15) is 9.59 Å². The highest BCUT2D eigenvalue weighted by Crippen LogP contribution is 2.31. The van der Waals surface area contributed by atoms with Crippen LogP contribution in [-0.4, -0.2) is 22.3 Å². The third-order valence-electron chi connectivity index (χ3n) is 3.45. The highest BCUT2D eigenvalue weighted by molar-refractivity contribution is 6.14. The summed E-state index contributed by atoms with van der Waals surface area (Å²) in [5, 5.41) is 11.6. The van der Waals surface area contributed by atoms with E-state index in [-0.39, 0.29) is 5.69 Å². The van der Waals surface area contributed by atoms with E-state index >= 15 is 0 Å². The highest BCUT2D eigenvalue weighted by atomic mass is 16.4. The molecule has 2 N–H and O–H groups in total. The van der Waals surface area contributed by atoms with E-state index < -0.39 is 5.97 Å². The van der Waals surface area contributed by atoms with Crippen LogP contribution in [0.2, 0.25) is 0 Å². The van der Waals surface area contributed by atoms with Crippen LogP contribution in [0.25, 0.3) is 21.7 Å². The number of nitrogens with one attached hydrogen (secondary N) is 1. The Balaban J connectivity index is 2.57. The van der Waals surface area contributed by atoms with Crippen LogP contribution < -0.4 is 0 Å². The van der Waals surface area contributed by atoms with Crippen LogP contribution in [0.15, 0.2) is 30.3 Å². The number of aldehydes is 1. The number of aryl methyl sites for hydroxylation is 1. The summed E-state index contributed by atoms with van der Waals surface area (Å²) in [6.45, 7) is 1.74. The van der Waals surface area contributed by atoms with Crippen molar-refractivity contribution in [3.8, 4) is 0 Å². The lowest BCUT2D eigenvalue weighted by Gasteiger charge is -2.03. The second kappa shape index (κ2) is 3.95. The molecule has 0 bridgehead atoms. The van der Waals surface area contributed by atoms with Crippen LogP contribution in [0.4, 0.5) is 0 Å². The predicted octanol–water partition coefficient (Wildman–Crippen LogP) is 3.14. The van der Waals surface area contributed by atoms with Gasteiger partial charge in [-0.25, -0.2) is 4.79 Å². The average molecular weight is 253 g/mol. The number of carboxylic acids is 1. The van der Waals surface area contributed by atoms with Gasteiger partial charge in [0.15, 0.2) is 6.29 Å². The summed E-state index contributed by atoms with van der Waals surface area (Å²) >= 11 is 0. The van der Waals surface area contributed by atoms with E-state index in [4.69, 9.17) is 5.11 Å². The summed E-state index contributed by atoms with van der Waals surface area (Å²) < 4.78 is 0. The average Bonchev–Trinajstić information content (AvgIpc) is 2.75. The van der Waals surface area contributed by atoms with Gasteiger partial charge in [0.05, 0.1) is 5.52 Å². The standard InChI is InChI=1S/C15H11NO3/c1-8-12-6-9(7-17)10-4-2-3-5-11(10)14(12)16-13(8)15(18)19/h2-7,16H,1H3,(H,18,19). The van der Waals surface area contributed by atoms with Crippen molar-refractivity contribution in [2.75, 3.05) is 0 Å². The molecule has 0 aliphatic rings. The van der Waals surface area contributed by atoms with Gasteiger partial charge in [0.25, 0.3) is 0 Å². The fourth-order valence-corrected chi connectivity index (χ4v) is 2.50. The van der Waals surface area contributed by atoms with Crippen molar-refractivity contribution < 1.29 is 14.7 Å². The molecule has 0 aliphatic heterocycles. The zero-order chi connectivity index (χ0) is 13.6. The molecule has 3 rings (SSSR count). The number of fused-ring (bicyclic) bond motifs is 3. The van der Waals surface area contributed by atoms with Crippen molar-refractivity contribution >= 4 is 33.9 Å². The number of carbonyl (C=O) groups is 2. The molecule has 94 valence electrons. The highest BCUT2D eigenvalue weighted by Gasteiger charge is 2.16. The fraction of sp³-hybridized carbons (Fsp3) is 0.0667. The van der Waals surface area contributed by atoms with E-state index in [1.807, 2.05) is 24.3 Å². The van der Waals surface area contributed by atoms with Gasteiger partial charge in [0.2, 0.25) is 0 Å². The maximum atomic E-state index is 11.2. The number of aromatic amines is 1. The number of carbonyl (C=O) groups excluding carboxylic acids is 1. The zero-order valence-corrected chi connectivity index (χ0v) is 10.2. The summed E-state index contributed by atoms with van der Waals surface area (Å²) in [5.74, 6) is -0.995. The van der Waals surface area contributed by atoms with E-state index in [2.05, 4.69) is 4.98 Å². The topological polar surface area (TPSA) is 70.2 Å². The predicted molar refractivity (Wildman–Crippen MR) is 72.9 cm³/mol. The van der Waals surface area contributed by atoms with Gasteiger partial charge in [-0.15, -0.1) is 0 Å². The first-order chi connectivity index (χ1) is 9.13. The van der Waals surface area contributed by atoms with Crippen LogP contribution in [0.3, 0.4) is 0 Å².